The first-order valence-electron chi connectivity index (χ1n) is 8.44. The van der Waals surface area contributed by atoms with E-state index in [1.54, 1.807) is 0 Å². The molecule has 3 rings (SSSR count). The lowest BCUT2D eigenvalue weighted by Crippen LogP contribution is -2.52. The molecule has 124 valence electrons. The highest BCUT2D eigenvalue weighted by molar-refractivity contribution is 6.05. The van der Waals surface area contributed by atoms with Crippen LogP contribution < -0.4 is 0 Å². The minimum atomic E-state index is -0.257. The third-order valence-electron chi connectivity index (χ3n) is 4.98. The van der Waals surface area contributed by atoms with E-state index in [1.807, 2.05) is 31.2 Å². The van der Waals surface area contributed by atoms with Crippen LogP contribution in [-0.4, -0.2) is 65.3 Å². The largest absolute Gasteiger partial charge is 0.301 e. The van der Waals surface area contributed by atoms with E-state index in [9.17, 15) is 9.59 Å². The zero-order valence-corrected chi connectivity index (χ0v) is 14.0. The number of imide groups is 1. The standard InChI is InChI=1S/C18H25N3O2/c1-3-19-8-10-20(11-9-19)16-12-17(22)21(18(16)23)13-15-6-4-14(2)5-7-15/h4-7,16H,3,8-13H2,1-2H3/t16-/m1/s1. The van der Waals surface area contributed by atoms with Gasteiger partial charge >= 0.3 is 0 Å². The van der Waals surface area contributed by atoms with Gasteiger partial charge in [0.1, 0.15) is 0 Å². The summed E-state index contributed by atoms with van der Waals surface area (Å²) in [6.45, 7) is 9.32. The first kappa shape index (κ1) is 16.1. The Morgan fingerprint density at radius 1 is 1.04 bits per heavy atom. The van der Waals surface area contributed by atoms with Gasteiger partial charge < -0.3 is 4.90 Å². The number of nitrogens with zero attached hydrogens (tertiary/aromatic N) is 3. The summed E-state index contributed by atoms with van der Waals surface area (Å²) in [6.07, 6.45) is 0.330. The molecule has 2 fully saturated rings. The number of piperazine rings is 1. The average molecular weight is 315 g/mol. The maximum Gasteiger partial charge on any atom is 0.247 e. The van der Waals surface area contributed by atoms with Gasteiger partial charge in [-0.05, 0) is 19.0 Å². The fraction of sp³-hybridized carbons (Fsp3) is 0.556. The molecule has 0 aromatic heterocycles. The Labute approximate surface area is 137 Å². The number of carbonyl (C=O) groups excluding carboxylic acids is 2. The number of hydrogen-bond donors (Lipinski definition) is 0. The highest BCUT2D eigenvalue weighted by atomic mass is 16.2. The van der Waals surface area contributed by atoms with Gasteiger partial charge in [0.15, 0.2) is 0 Å². The van der Waals surface area contributed by atoms with Gasteiger partial charge in [-0.1, -0.05) is 36.8 Å². The average Bonchev–Trinajstić information content (AvgIpc) is 2.85. The molecule has 0 aliphatic carbocycles. The second-order valence-electron chi connectivity index (χ2n) is 6.49. The molecule has 0 spiro atoms. The molecule has 5 nitrogen and oxygen atoms in total. The van der Waals surface area contributed by atoms with E-state index in [2.05, 4.69) is 16.7 Å². The fourth-order valence-electron chi connectivity index (χ4n) is 3.38. The SMILES string of the molecule is CCN1CCN([C@@H]2CC(=O)N(Cc3ccc(C)cc3)C2=O)CC1. The molecule has 2 aliphatic heterocycles. The number of likely N-dealkylation sites (tertiary alicyclic amines) is 1. The maximum absolute atomic E-state index is 12.7. The molecule has 1 aromatic carbocycles. The van der Waals surface area contributed by atoms with E-state index in [-0.39, 0.29) is 17.9 Å². The van der Waals surface area contributed by atoms with Crippen LogP contribution in [0.15, 0.2) is 24.3 Å². The van der Waals surface area contributed by atoms with Gasteiger partial charge in [0.05, 0.1) is 19.0 Å². The Bertz CT molecular complexity index is 576. The monoisotopic (exact) mass is 315 g/mol. The molecule has 2 heterocycles. The minimum Gasteiger partial charge on any atom is -0.301 e. The van der Waals surface area contributed by atoms with Crippen LogP contribution in [0.4, 0.5) is 0 Å². The number of amides is 2. The number of carbonyl (C=O) groups is 2. The normalized spacial score (nSPS) is 23.7. The smallest absolute Gasteiger partial charge is 0.247 e. The van der Waals surface area contributed by atoms with Crippen molar-refractivity contribution in [3.63, 3.8) is 0 Å². The van der Waals surface area contributed by atoms with Crippen molar-refractivity contribution < 1.29 is 9.59 Å². The van der Waals surface area contributed by atoms with Crippen LogP contribution in [0.5, 0.6) is 0 Å². The summed E-state index contributed by atoms with van der Waals surface area (Å²) < 4.78 is 0. The Kier molecular flexibility index (Phi) is 4.78. The molecule has 2 aliphatic rings. The van der Waals surface area contributed by atoms with Gasteiger partial charge in [-0.2, -0.15) is 0 Å². The summed E-state index contributed by atoms with van der Waals surface area (Å²) in [6, 6.07) is 7.75. The summed E-state index contributed by atoms with van der Waals surface area (Å²) in [7, 11) is 0. The van der Waals surface area contributed by atoms with E-state index < -0.39 is 0 Å². The number of rotatable bonds is 4. The molecule has 1 atom stereocenters. The molecule has 2 saturated heterocycles. The van der Waals surface area contributed by atoms with E-state index in [0.29, 0.717) is 13.0 Å². The molecule has 0 saturated carbocycles. The second kappa shape index (κ2) is 6.81. The van der Waals surface area contributed by atoms with Crippen LogP contribution in [0.3, 0.4) is 0 Å². The summed E-state index contributed by atoms with van der Waals surface area (Å²) in [5.74, 6) is -0.0704. The van der Waals surface area contributed by atoms with Crippen LogP contribution in [-0.2, 0) is 16.1 Å². The van der Waals surface area contributed by atoms with E-state index in [1.165, 1.54) is 10.5 Å². The van der Waals surface area contributed by atoms with E-state index >= 15 is 0 Å². The van der Waals surface area contributed by atoms with Crippen molar-refractivity contribution in [1.82, 2.24) is 14.7 Å². The van der Waals surface area contributed by atoms with Crippen molar-refractivity contribution >= 4 is 11.8 Å². The summed E-state index contributed by atoms with van der Waals surface area (Å²) >= 11 is 0. The molecule has 0 radical (unpaired) electrons. The molecular weight excluding hydrogens is 290 g/mol. The third kappa shape index (κ3) is 3.46. The lowest BCUT2D eigenvalue weighted by molar-refractivity contribution is -0.140. The molecular formula is C18H25N3O2. The predicted molar refractivity (Wildman–Crippen MR) is 88.8 cm³/mol. The Morgan fingerprint density at radius 3 is 2.30 bits per heavy atom. The molecule has 0 bridgehead atoms. The van der Waals surface area contributed by atoms with Crippen LogP contribution in [0, 0.1) is 6.92 Å². The highest BCUT2D eigenvalue weighted by Crippen LogP contribution is 2.22. The van der Waals surface area contributed by atoms with Gasteiger partial charge in [0.25, 0.3) is 0 Å². The van der Waals surface area contributed by atoms with Crippen LogP contribution in [0.1, 0.15) is 24.5 Å². The fourth-order valence-corrected chi connectivity index (χ4v) is 3.38. The van der Waals surface area contributed by atoms with Crippen LogP contribution >= 0.6 is 0 Å². The Hall–Kier alpha value is -1.72. The van der Waals surface area contributed by atoms with Crippen molar-refractivity contribution in [1.29, 1.82) is 0 Å². The zero-order chi connectivity index (χ0) is 16.4. The molecule has 23 heavy (non-hydrogen) atoms. The third-order valence-corrected chi connectivity index (χ3v) is 4.98. The lowest BCUT2D eigenvalue weighted by Gasteiger charge is -2.36. The van der Waals surface area contributed by atoms with Gasteiger partial charge in [0, 0.05) is 26.2 Å². The Balaban J connectivity index is 1.64. The molecule has 1 aromatic rings. The highest BCUT2D eigenvalue weighted by Gasteiger charge is 2.42. The van der Waals surface area contributed by atoms with Crippen molar-refractivity contribution in [2.45, 2.75) is 32.9 Å². The van der Waals surface area contributed by atoms with Crippen LogP contribution in [0.25, 0.3) is 0 Å². The van der Waals surface area contributed by atoms with E-state index in [4.69, 9.17) is 0 Å². The number of benzene rings is 1. The molecule has 5 heteroatoms. The topological polar surface area (TPSA) is 43.9 Å². The van der Waals surface area contributed by atoms with Gasteiger partial charge in [-0.15, -0.1) is 0 Å². The van der Waals surface area contributed by atoms with Crippen molar-refractivity contribution in [2.75, 3.05) is 32.7 Å². The maximum atomic E-state index is 12.7. The molecule has 0 N–H and O–H groups in total. The zero-order valence-electron chi connectivity index (χ0n) is 14.0. The molecule has 0 unspecified atom stereocenters. The predicted octanol–water partition coefficient (Wildman–Crippen LogP) is 1.26. The molecule has 2 amide bonds. The van der Waals surface area contributed by atoms with Crippen molar-refractivity contribution in [3.8, 4) is 0 Å². The summed E-state index contributed by atoms with van der Waals surface area (Å²) in [4.78, 5) is 31.0. The van der Waals surface area contributed by atoms with Crippen molar-refractivity contribution in [3.05, 3.63) is 35.4 Å². The summed E-state index contributed by atoms with van der Waals surface area (Å²) in [5, 5.41) is 0. The van der Waals surface area contributed by atoms with Gasteiger partial charge in [-0.3, -0.25) is 19.4 Å². The van der Waals surface area contributed by atoms with Crippen LogP contribution in [0.2, 0.25) is 0 Å². The number of aryl methyl sites for hydroxylation is 1. The number of hydrogen-bond acceptors (Lipinski definition) is 4. The first-order chi connectivity index (χ1) is 11.1. The van der Waals surface area contributed by atoms with Crippen molar-refractivity contribution in [2.24, 2.45) is 0 Å². The number of likely N-dealkylation sites (N-methyl/N-ethyl adjacent to an activating group) is 1. The lowest BCUT2D eigenvalue weighted by atomic mass is 10.1. The first-order valence-corrected chi connectivity index (χ1v) is 8.44. The minimum absolute atomic E-state index is 0.0273. The quantitative estimate of drug-likeness (QED) is 0.785. The van der Waals surface area contributed by atoms with Gasteiger partial charge in [-0.25, -0.2) is 0 Å². The Morgan fingerprint density at radius 2 is 1.70 bits per heavy atom. The van der Waals surface area contributed by atoms with Gasteiger partial charge in [0.2, 0.25) is 11.8 Å². The van der Waals surface area contributed by atoms with E-state index in [0.717, 1.165) is 38.3 Å². The second-order valence-corrected chi connectivity index (χ2v) is 6.49. The summed E-state index contributed by atoms with van der Waals surface area (Å²) in [5.41, 5.74) is 2.19.